The molecule has 1 aromatic rings. The van der Waals surface area contributed by atoms with Crippen LogP contribution in [-0.2, 0) is 0 Å². The molecule has 19 heavy (non-hydrogen) atoms. The summed E-state index contributed by atoms with van der Waals surface area (Å²) in [7, 11) is 0. The van der Waals surface area contributed by atoms with Crippen molar-refractivity contribution in [2.75, 3.05) is 11.9 Å². The van der Waals surface area contributed by atoms with Gasteiger partial charge >= 0.3 is 0 Å². The van der Waals surface area contributed by atoms with Crippen LogP contribution in [0.3, 0.4) is 0 Å². The van der Waals surface area contributed by atoms with E-state index in [9.17, 15) is 14.6 Å². The molecule has 1 aliphatic rings. The molecule has 3 nitrogen and oxygen atoms in total. The topological polar surface area (TPSA) is 49.7 Å². The largest absolute Gasteiger partial charge is 0.493 e. The molecule has 0 amide bonds. The lowest BCUT2D eigenvalue weighted by Crippen LogP contribution is -2.19. The number of ether oxygens (including phenoxy) is 1. The van der Waals surface area contributed by atoms with Gasteiger partial charge in [0, 0.05) is 10.9 Å². The first-order chi connectivity index (χ1) is 9.11. The second kappa shape index (κ2) is 6.68. The highest BCUT2D eigenvalue weighted by Gasteiger charge is 2.25. The van der Waals surface area contributed by atoms with Crippen LogP contribution < -0.4 is 4.74 Å². The van der Waals surface area contributed by atoms with E-state index >= 15 is 0 Å². The number of aliphatic hydroxyl groups excluding tert-OH is 2. The molecule has 1 aromatic carbocycles. The fourth-order valence-electron chi connectivity index (χ4n) is 1.85. The predicted octanol–water partition coefficient (Wildman–Crippen LogP) is 2.79. The Morgan fingerprint density at radius 3 is 2.74 bits per heavy atom. The Morgan fingerprint density at radius 2 is 2.11 bits per heavy atom. The molecule has 0 radical (unpaired) electrons. The number of alkyl halides is 1. The maximum atomic E-state index is 13.3. The van der Waals surface area contributed by atoms with Gasteiger partial charge in [0.1, 0.15) is 17.7 Å². The van der Waals surface area contributed by atoms with E-state index < -0.39 is 18.0 Å². The first-order valence-corrected chi connectivity index (χ1v) is 7.58. The SMILES string of the molecule is OC(CCBr)C(O)c1cc(F)ccc1OCC1CC1. The van der Waals surface area contributed by atoms with Crippen molar-refractivity contribution in [3.05, 3.63) is 29.6 Å². The molecule has 5 heteroatoms. The molecule has 106 valence electrons. The standard InChI is InChI=1S/C14H18BrFO3/c15-6-5-12(17)14(18)11-7-10(16)3-4-13(11)19-8-9-1-2-9/h3-4,7,9,12,14,17-18H,1-2,5-6,8H2. The molecule has 0 heterocycles. The lowest BCUT2D eigenvalue weighted by atomic mass is 10.0. The van der Waals surface area contributed by atoms with E-state index in [2.05, 4.69) is 15.9 Å². The molecular weight excluding hydrogens is 315 g/mol. The Kier molecular flexibility index (Phi) is 5.19. The van der Waals surface area contributed by atoms with E-state index in [0.29, 0.717) is 35.6 Å². The molecule has 0 saturated heterocycles. The average Bonchev–Trinajstić information content (AvgIpc) is 3.20. The van der Waals surface area contributed by atoms with Gasteiger partial charge in [0.2, 0.25) is 0 Å². The van der Waals surface area contributed by atoms with Gasteiger partial charge in [0.15, 0.2) is 0 Å². The predicted molar refractivity (Wildman–Crippen MR) is 74.0 cm³/mol. The van der Waals surface area contributed by atoms with Crippen molar-refractivity contribution in [3.8, 4) is 5.75 Å². The lowest BCUT2D eigenvalue weighted by molar-refractivity contribution is 0.0154. The third-order valence-electron chi connectivity index (χ3n) is 3.23. The number of aliphatic hydroxyl groups is 2. The summed E-state index contributed by atoms with van der Waals surface area (Å²) < 4.78 is 18.9. The molecule has 1 saturated carbocycles. The highest BCUT2D eigenvalue weighted by molar-refractivity contribution is 9.09. The van der Waals surface area contributed by atoms with Crippen molar-refractivity contribution in [1.82, 2.24) is 0 Å². The highest BCUT2D eigenvalue weighted by atomic mass is 79.9. The van der Waals surface area contributed by atoms with Crippen LogP contribution in [0.25, 0.3) is 0 Å². The van der Waals surface area contributed by atoms with Crippen LogP contribution in [0.4, 0.5) is 4.39 Å². The summed E-state index contributed by atoms with van der Waals surface area (Å²) in [6.07, 6.45) is 0.628. The number of rotatable bonds is 7. The third-order valence-corrected chi connectivity index (χ3v) is 3.69. The average molecular weight is 333 g/mol. The molecule has 2 N–H and O–H groups in total. The Bertz CT molecular complexity index is 423. The summed E-state index contributed by atoms with van der Waals surface area (Å²) in [6, 6.07) is 4.04. The molecule has 0 aromatic heterocycles. The first-order valence-electron chi connectivity index (χ1n) is 6.46. The normalized spacial score (nSPS) is 18.1. The van der Waals surface area contributed by atoms with E-state index in [4.69, 9.17) is 4.74 Å². The smallest absolute Gasteiger partial charge is 0.125 e. The Balaban J connectivity index is 2.12. The zero-order valence-corrected chi connectivity index (χ0v) is 12.1. The maximum Gasteiger partial charge on any atom is 0.125 e. The van der Waals surface area contributed by atoms with Crippen molar-refractivity contribution in [2.45, 2.75) is 31.5 Å². The zero-order chi connectivity index (χ0) is 13.8. The monoisotopic (exact) mass is 332 g/mol. The van der Waals surface area contributed by atoms with Gasteiger partial charge in [-0.3, -0.25) is 0 Å². The second-order valence-electron chi connectivity index (χ2n) is 4.93. The molecule has 0 spiro atoms. The fourth-order valence-corrected chi connectivity index (χ4v) is 2.32. The van der Waals surface area contributed by atoms with E-state index in [1.807, 2.05) is 0 Å². The summed E-state index contributed by atoms with van der Waals surface area (Å²) in [5.74, 6) is 0.579. The zero-order valence-electron chi connectivity index (χ0n) is 10.6. The highest BCUT2D eigenvalue weighted by Crippen LogP contribution is 2.33. The van der Waals surface area contributed by atoms with E-state index in [1.165, 1.54) is 18.2 Å². The molecule has 2 unspecified atom stereocenters. The summed E-state index contributed by atoms with van der Waals surface area (Å²) in [5.41, 5.74) is 0.314. The molecule has 0 aliphatic heterocycles. The van der Waals surface area contributed by atoms with Crippen LogP contribution >= 0.6 is 15.9 Å². The number of halogens is 2. The van der Waals surface area contributed by atoms with Gasteiger partial charge in [0.25, 0.3) is 0 Å². The molecule has 1 aliphatic carbocycles. The van der Waals surface area contributed by atoms with Crippen LogP contribution in [0.2, 0.25) is 0 Å². The van der Waals surface area contributed by atoms with E-state index in [0.717, 1.165) is 12.8 Å². The summed E-state index contributed by atoms with van der Waals surface area (Å²) >= 11 is 3.21. The first kappa shape index (κ1) is 14.8. The number of benzene rings is 1. The van der Waals surface area contributed by atoms with Crippen LogP contribution in [0, 0.1) is 11.7 Å². The minimum absolute atomic E-state index is 0.314. The van der Waals surface area contributed by atoms with Gasteiger partial charge in [-0.05, 0) is 43.4 Å². The van der Waals surface area contributed by atoms with Gasteiger partial charge in [-0.25, -0.2) is 4.39 Å². The molecular formula is C14H18BrFO3. The van der Waals surface area contributed by atoms with Crippen LogP contribution in [-0.4, -0.2) is 28.3 Å². The molecule has 2 rings (SSSR count). The van der Waals surface area contributed by atoms with Gasteiger partial charge in [0.05, 0.1) is 12.7 Å². The van der Waals surface area contributed by atoms with E-state index in [1.54, 1.807) is 0 Å². The summed E-state index contributed by atoms with van der Waals surface area (Å²) in [6.45, 7) is 0.583. The van der Waals surface area contributed by atoms with Crippen molar-refractivity contribution in [3.63, 3.8) is 0 Å². The van der Waals surface area contributed by atoms with Gasteiger partial charge in [-0.1, -0.05) is 15.9 Å². The van der Waals surface area contributed by atoms with Crippen molar-refractivity contribution < 1.29 is 19.3 Å². The Hall–Kier alpha value is -0.650. The summed E-state index contributed by atoms with van der Waals surface area (Å²) in [4.78, 5) is 0. The molecule has 2 atom stereocenters. The number of hydrogen-bond acceptors (Lipinski definition) is 3. The second-order valence-corrected chi connectivity index (χ2v) is 5.72. The van der Waals surface area contributed by atoms with Gasteiger partial charge in [-0.15, -0.1) is 0 Å². The third kappa shape index (κ3) is 4.16. The van der Waals surface area contributed by atoms with Crippen LogP contribution in [0.15, 0.2) is 18.2 Å². The fraction of sp³-hybridized carbons (Fsp3) is 0.571. The molecule has 1 fully saturated rings. The Labute approximate surface area is 120 Å². The van der Waals surface area contributed by atoms with Gasteiger partial charge < -0.3 is 14.9 Å². The molecule has 0 bridgehead atoms. The van der Waals surface area contributed by atoms with Gasteiger partial charge in [-0.2, -0.15) is 0 Å². The maximum absolute atomic E-state index is 13.3. The van der Waals surface area contributed by atoms with E-state index in [-0.39, 0.29) is 0 Å². The Morgan fingerprint density at radius 1 is 1.37 bits per heavy atom. The lowest BCUT2D eigenvalue weighted by Gasteiger charge is -2.20. The van der Waals surface area contributed by atoms with Crippen LogP contribution in [0.1, 0.15) is 30.9 Å². The minimum atomic E-state index is -1.14. The van der Waals surface area contributed by atoms with Crippen molar-refractivity contribution >= 4 is 15.9 Å². The van der Waals surface area contributed by atoms with Crippen molar-refractivity contribution in [1.29, 1.82) is 0 Å². The van der Waals surface area contributed by atoms with Crippen LogP contribution in [0.5, 0.6) is 5.75 Å². The quantitative estimate of drug-likeness (QED) is 0.755. The summed E-state index contributed by atoms with van der Waals surface area (Å²) in [5, 5.41) is 20.5. The van der Waals surface area contributed by atoms with Crippen molar-refractivity contribution in [2.24, 2.45) is 5.92 Å². The minimum Gasteiger partial charge on any atom is -0.493 e. The number of hydrogen-bond donors (Lipinski definition) is 2.